The molecule has 1 aliphatic carbocycles. The number of carbonyl (C=O) groups excluding carboxylic acids is 1. The smallest absolute Gasteiger partial charge is 0.255 e. The van der Waals surface area contributed by atoms with Crippen molar-refractivity contribution in [2.45, 2.75) is 30.3 Å². The van der Waals surface area contributed by atoms with Crippen LogP contribution in [0.15, 0.2) is 57.9 Å². The van der Waals surface area contributed by atoms with Gasteiger partial charge in [-0.25, -0.2) is 0 Å². The van der Waals surface area contributed by atoms with E-state index in [4.69, 9.17) is 0 Å². The second-order valence-electron chi connectivity index (χ2n) is 5.49. The number of halogens is 1. The molecule has 114 valence electrons. The van der Waals surface area contributed by atoms with Crippen LogP contribution in [0.1, 0.15) is 28.8 Å². The Morgan fingerprint density at radius 3 is 2.68 bits per heavy atom. The van der Waals surface area contributed by atoms with E-state index in [1.165, 1.54) is 0 Å². The molecular weight excluding hydrogens is 358 g/mol. The first-order valence-electron chi connectivity index (χ1n) is 7.37. The summed E-state index contributed by atoms with van der Waals surface area (Å²) in [7, 11) is 0. The molecule has 1 aliphatic rings. The highest BCUT2D eigenvalue weighted by molar-refractivity contribution is 9.10. The van der Waals surface area contributed by atoms with Crippen LogP contribution in [-0.2, 0) is 6.54 Å². The van der Waals surface area contributed by atoms with Crippen molar-refractivity contribution in [3.63, 3.8) is 0 Å². The van der Waals surface area contributed by atoms with Gasteiger partial charge in [-0.1, -0.05) is 40.2 Å². The van der Waals surface area contributed by atoms with E-state index in [0.29, 0.717) is 12.6 Å². The molecule has 0 atom stereocenters. The molecule has 3 rings (SSSR count). The zero-order valence-electron chi connectivity index (χ0n) is 12.5. The van der Waals surface area contributed by atoms with Crippen molar-refractivity contribution in [3.8, 4) is 0 Å². The van der Waals surface area contributed by atoms with Gasteiger partial charge < -0.3 is 4.90 Å². The number of hydrogen-bond acceptors (Lipinski definition) is 2. The lowest BCUT2D eigenvalue weighted by atomic mass is 10.1. The minimum Gasteiger partial charge on any atom is -0.331 e. The van der Waals surface area contributed by atoms with Gasteiger partial charge in [0, 0.05) is 22.0 Å². The fraction of sp³-hybridized carbons (Fsp3) is 0.278. The third kappa shape index (κ3) is 3.55. The van der Waals surface area contributed by atoms with E-state index in [0.717, 1.165) is 33.3 Å². The monoisotopic (exact) mass is 375 g/mol. The van der Waals surface area contributed by atoms with E-state index in [2.05, 4.69) is 28.1 Å². The lowest BCUT2D eigenvalue weighted by Gasteiger charge is -2.23. The molecule has 22 heavy (non-hydrogen) atoms. The van der Waals surface area contributed by atoms with Crippen LogP contribution in [0.5, 0.6) is 0 Å². The van der Waals surface area contributed by atoms with E-state index in [9.17, 15) is 4.79 Å². The summed E-state index contributed by atoms with van der Waals surface area (Å²) in [6.45, 7) is 0.672. The number of hydrogen-bond donors (Lipinski definition) is 0. The normalized spacial score (nSPS) is 13.9. The van der Waals surface area contributed by atoms with Gasteiger partial charge in [0.2, 0.25) is 0 Å². The van der Waals surface area contributed by atoms with E-state index in [1.54, 1.807) is 11.8 Å². The average molecular weight is 376 g/mol. The van der Waals surface area contributed by atoms with Gasteiger partial charge in [-0.05, 0) is 48.9 Å². The molecule has 0 bridgehead atoms. The summed E-state index contributed by atoms with van der Waals surface area (Å²) < 4.78 is 1.05. The topological polar surface area (TPSA) is 20.3 Å². The first kappa shape index (κ1) is 15.6. The zero-order valence-corrected chi connectivity index (χ0v) is 14.9. The van der Waals surface area contributed by atoms with Gasteiger partial charge in [0.25, 0.3) is 5.91 Å². The maximum Gasteiger partial charge on any atom is 0.255 e. The first-order chi connectivity index (χ1) is 10.7. The third-order valence-corrected chi connectivity index (χ3v) is 5.12. The van der Waals surface area contributed by atoms with Gasteiger partial charge in [-0.3, -0.25) is 4.79 Å². The van der Waals surface area contributed by atoms with Gasteiger partial charge in [-0.2, -0.15) is 0 Å². The van der Waals surface area contributed by atoms with Crippen LogP contribution >= 0.6 is 27.7 Å². The molecule has 0 saturated heterocycles. The Morgan fingerprint density at radius 2 is 2.00 bits per heavy atom. The molecule has 1 amide bonds. The van der Waals surface area contributed by atoms with Crippen LogP contribution in [0.25, 0.3) is 0 Å². The molecule has 2 aromatic rings. The summed E-state index contributed by atoms with van der Waals surface area (Å²) in [6.07, 6.45) is 4.24. The van der Waals surface area contributed by atoms with Gasteiger partial charge in [0.05, 0.1) is 5.56 Å². The lowest BCUT2D eigenvalue weighted by Crippen LogP contribution is -2.32. The molecule has 1 fully saturated rings. The van der Waals surface area contributed by atoms with Crippen LogP contribution in [-0.4, -0.2) is 23.1 Å². The molecule has 2 nitrogen and oxygen atoms in total. The minimum absolute atomic E-state index is 0.146. The summed E-state index contributed by atoms with van der Waals surface area (Å²) >= 11 is 5.13. The van der Waals surface area contributed by atoms with Gasteiger partial charge in [0.15, 0.2) is 0 Å². The number of nitrogens with zero attached hydrogens (tertiary/aromatic N) is 1. The van der Waals surface area contributed by atoms with Crippen molar-refractivity contribution in [1.29, 1.82) is 0 Å². The van der Waals surface area contributed by atoms with E-state index in [-0.39, 0.29) is 5.91 Å². The third-order valence-electron chi connectivity index (χ3n) is 3.83. The Hall–Kier alpha value is -1.26. The van der Waals surface area contributed by atoms with Crippen molar-refractivity contribution < 1.29 is 4.79 Å². The molecule has 0 N–H and O–H groups in total. The highest BCUT2D eigenvalue weighted by Gasteiger charge is 2.33. The standard InChI is InChI=1S/C18H18BrNOS/c1-22-17-8-3-2-7-16(17)18(21)20(15-9-10-15)12-13-5-4-6-14(19)11-13/h2-8,11,15H,9-10,12H2,1H3. The van der Waals surface area contributed by atoms with Crippen LogP contribution in [0.3, 0.4) is 0 Å². The second-order valence-corrected chi connectivity index (χ2v) is 7.26. The maximum absolute atomic E-state index is 13.0. The van der Waals surface area contributed by atoms with Crippen LogP contribution in [0.2, 0.25) is 0 Å². The predicted molar refractivity (Wildman–Crippen MR) is 95.3 cm³/mol. The summed E-state index contributed by atoms with van der Waals surface area (Å²) in [6, 6.07) is 16.5. The number of amides is 1. The summed E-state index contributed by atoms with van der Waals surface area (Å²) in [5.74, 6) is 0.146. The molecule has 0 aromatic heterocycles. The average Bonchev–Trinajstić information content (AvgIpc) is 3.37. The van der Waals surface area contributed by atoms with Crippen molar-refractivity contribution in [2.24, 2.45) is 0 Å². The van der Waals surface area contributed by atoms with Gasteiger partial charge in [0.1, 0.15) is 0 Å². The molecule has 0 aliphatic heterocycles. The molecule has 0 spiro atoms. The van der Waals surface area contributed by atoms with Crippen LogP contribution in [0.4, 0.5) is 0 Å². The molecular formula is C18H18BrNOS. The minimum atomic E-state index is 0.146. The quantitative estimate of drug-likeness (QED) is 0.687. The van der Waals surface area contributed by atoms with Crippen molar-refractivity contribution >= 4 is 33.6 Å². The molecule has 1 saturated carbocycles. The van der Waals surface area contributed by atoms with Gasteiger partial charge >= 0.3 is 0 Å². The van der Waals surface area contributed by atoms with Crippen LogP contribution in [0, 0.1) is 0 Å². The Morgan fingerprint density at radius 1 is 1.23 bits per heavy atom. The Balaban J connectivity index is 1.86. The molecule has 0 heterocycles. The molecule has 2 aromatic carbocycles. The van der Waals surface area contributed by atoms with Gasteiger partial charge in [-0.15, -0.1) is 11.8 Å². The fourth-order valence-corrected chi connectivity index (χ4v) is 3.60. The van der Waals surface area contributed by atoms with Crippen LogP contribution < -0.4 is 0 Å². The Labute approximate surface area is 144 Å². The largest absolute Gasteiger partial charge is 0.331 e. The van der Waals surface area contributed by atoms with E-state index < -0.39 is 0 Å². The van der Waals surface area contributed by atoms with E-state index >= 15 is 0 Å². The molecule has 0 unspecified atom stereocenters. The summed E-state index contributed by atoms with van der Waals surface area (Å²) in [5, 5.41) is 0. The number of benzene rings is 2. The lowest BCUT2D eigenvalue weighted by molar-refractivity contribution is 0.0726. The maximum atomic E-state index is 13.0. The molecule has 0 radical (unpaired) electrons. The highest BCUT2D eigenvalue weighted by atomic mass is 79.9. The van der Waals surface area contributed by atoms with Crippen molar-refractivity contribution in [3.05, 3.63) is 64.1 Å². The molecule has 4 heteroatoms. The Kier molecular flexibility index (Phi) is 4.89. The number of rotatable bonds is 5. The highest BCUT2D eigenvalue weighted by Crippen LogP contribution is 2.32. The Bertz CT molecular complexity index is 684. The first-order valence-corrected chi connectivity index (χ1v) is 9.39. The fourth-order valence-electron chi connectivity index (χ4n) is 2.56. The SMILES string of the molecule is CSc1ccccc1C(=O)N(Cc1cccc(Br)c1)C1CC1. The van der Waals surface area contributed by atoms with Crippen molar-refractivity contribution in [2.75, 3.05) is 6.26 Å². The summed E-state index contributed by atoms with van der Waals surface area (Å²) in [4.78, 5) is 16.1. The zero-order chi connectivity index (χ0) is 15.5. The van der Waals surface area contributed by atoms with E-state index in [1.807, 2.05) is 47.6 Å². The predicted octanol–water partition coefficient (Wildman–Crippen LogP) is 4.98. The van der Waals surface area contributed by atoms with Crippen molar-refractivity contribution in [1.82, 2.24) is 4.90 Å². The number of carbonyl (C=O) groups is 1. The number of thioether (sulfide) groups is 1. The second kappa shape index (κ2) is 6.88. The summed E-state index contributed by atoms with van der Waals surface area (Å²) in [5.41, 5.74) is 1.98.